The third-order valence-corrected chi connectivity index (χ3v) is 3.58. The first-order chi connectivity index (χ1) is 11.5. The normalized spacial score (nSPS) is 10.2. The zero-order valence-corrected chi connectivity index (χ0v) is 13.6. The van der Waals surface area contributed by atoms with Gasteiger partial charge in [0.1, 0.15) is 12.3 Å². The largest absolute Gasteiger partial charge is 0.481 e. The van der Waals surface area contributed by atoms with E-state index in [0.717, 1.165) is 11.3 Å². The van der Waals surface area contributed by atoms with Crippen LogP contribution in [0.2, 0.25) is 0 Å². The molecule has 24 heavy (non-hydrogen) atoms. The minimum Gasteiger partial charge on any atom is -0.481 e. The lowest BCUT2D eigenvalue weighted by Gasteiger charge is -2.04. The molecule has 3 N–H and O–H groups in total. The molecular formula is C15H15N3O5S. The summed E-state index contributed by atoms with van der Waals surface area (Å²) >= 11 is 1.13. The number of nitrogens with one attached hydrogen (secondary N) is 2. The SMILES string of the molecule is COCC(=O)Nc1nc(C(=O)Nc2ccc(CC(=O)O)cc2)cs1. The van der Waals surface area contributed by atoms with Crippen molar-refractivity contribution in [2.75, 3.05) is 24.4 Å². The Labute approximate surface area is 141 Å². The molecule has 0 saturated heterocycles. The van der Waals surface area contributed by atoms with E-state index in [9.17, 15) is 14.4 Å². The molecule has 0 saturated carbocycles. The first-order valence-electron chi connectivity index (χ1n) is 6.84. The Morgan fingerprint density at radius 1 is 1.21 bits per heavy atom. The van der Waals surface area contributed by atoms with Gasteiger partial charge in [0.15, 0.2) is 5.13 Å². The maximum absolute atomic E-state index is 12.1. The molecule has 2 aromatic rings. The van der Waals surface area contributed by atoms with Crippen LogP contribution in [0.1, 0.15) is 16.1 Å². The molecule has 0 bridgehead atoms. The number of carbonyl (C=O) groups is 3. The van der Waals surface area contributed by atoms with Crippen LogP contribution in [0.25, 0.3) is 0 Å². The molecule has 0 spiro atoms. The predicted octanol–water partition coefficient (Wildman–Crippen LogP) is 1.61. The molecule has 2 rings (SSSR count). The Bertz CT molecular complexity index is 742. The summed E-state index contributed by atoms with van der Waals surface area (Å²) in [6.45, 7) is -0.0935. The van der Waals surface area contributed by atoms with Crippen molar-refractivity contribution >= 4 is 39.9 Å². The van der Waals surface area contributed by atoms with Gasteiger partial charge >= 0.3 is 5.97 Å². The molecule has 8 nitrogen and oxygen atoms in total. The summed E-state index contributed by atoms with van der Waals surface area (Å²) < 4.78 is 4.69. The highest BCUT2D eigenvalue weighted by Crippen LogP contribution is 2.17. The highest BCUT2D eigenvalue weighted by molar-refractivity contribution is 7.14. The number of aliphatic carboxylic acids is 1. The molecule has 0 unspecified atom stereocenters. The fourth-order valence-electron chi connectivity index (χ4n) is 1.80. The Balaban J connectivity index is 1.96. The highest BCUT2D eigenvalue weighted by Gasteiger charge is 2.13. The molecule has 126 valence electrons. The predicted molar refractivity (Wildman–Crippen MR) is 88.4 cm³/mol. The van der Waals surface area contributed by atoms with Gasteiger partial charge in [0, 0.05) is 18.2 Å². The Kier molecular flexibility index (Phi) is 5.99. The third-order valence-electron chi connectivity index (χ3n) is 2.83. The van der Waals surface area contributed by atoms with E-state index in [2.05, 4.69) is 15.6 Å². The molecule has 0 radical (unpaired) electrons. The van der Waals surface area contributed by atoms with Crippen LogP contribution < -0.4 is 10.6 Å². The summed E-state index contributed by atoms with van der Waals surface area (Å²) in [5.41, 5.74) is 1.33. The van der Waals surface area contributed by atoms with Gasteiger partial charge in [-0.25, -0.2) is 4.98 Å². The lowest BCUT2D eigenvalue weighted by atomic mass is 10.1. The second kappa shape index (κ2) is 8.18. The van der Waals surface area contributed by atoms with Crippen molar-refractivity contribution in [3.05, 3.63) is 40.9 Å². The number of hydrogen-bond donors (Lipinski definition) is 3. The summed E-state index contributed by atoms with van der Waals surface area (Å²) in [5, 5.41) is 15.7. The van der Waals surface area contributed by atoms with Gasteiger partial charge in [0.05, 0.1) is 6.42 Å². The van der Waals surface area contributed by atoms with E-state index in [1.54, 1.807) is 24.3 Å². The Hall–Kier alpha value is -2.78. The summed E-state index contributed by atoms with van der Waals surface area (Å²) in [4.78, 5) is 38.1. The monoisotopic (exact) mass is 349 g/mol. The van der Waals surface area contributed by atoms with Gasteiger partial charge in [0.25, 0.3) is 11.8 Å². The summed E-state index contributed by atoms with van der Waals surface area (Å²) in [6, 6.07) is 6.48. The minimum atomic E-state index is -0.919. The van der Waals surface area contributed by atoms with Crippen LogP contribution >= 0.6 is 11.3 Å². The lowest BCUT2D eigenvalue weighted by molar-refractivity contribution is -0.136. The van der Waals surface area contributed by atoms with Crippen LogP contribution in [0.15, 0.2) is 29.6 Å². The van der Waals surface area contributed by atoms with Crippen molar-refractivity contribution in [2.24, 2.45) is 0 Å². The number of ether oxygens (including phenoxy) is 1. The lowest BCUT2D eigenvalue weighted by Crippen LogP contribution is -2.17. The number of nitrogens with zero attached hydrogens (tertiary/aromatic N) is 1. The second-order valence-corrected chi connectivity index (χ2v) is 5.60. The van der Waals surface area contributed by atoms with Crippen LogP contribution in [0, 0.1) is 0 Å². The maximum atomic E-state index is 12.1. The number of hydrogen-bond acceptors (Lipinski definition) is 6. The van der Waals surface area contributed by atoms with E-state index < -0.39 is 11.9 Å². The van der Waals surface area contributed by atoms with E-state index in [4.69, 9.17) is 9.84 Å². The van der Waals surface area contributed by atoms with Gasteiger partial charge in [-0.2, -0.15) is 0 Å². The van der Waals surface area contributed by atoms with Gasteiger partial charge in [-0.3, -0.25) is 19.7 Å². The standard InChI is InChI=1S/C15H15N3O5S/c1-23-7-12(19)18-15-17-11(8-24-15)14(22)16-10-4-2-9(3-5-10)6-13(20)21/h2-5,8H,6-7H2,1H3,(H,16,22)(H,20,21)(H,17,18,19). The molecule has 1 heterocycles. The topological polar surface area (TPSA) is 118 Å². The summed E-state index contributed by atoms with van der Waals surface area (Å²) in [6.07, 6.45) is -0.0785. The van der Waals surface area contributed by atoms with Crippen LogP contribution in [0.4, 0.5) is 10.8 Å². The number of benzene rings is 1. The number of carboxylic acids is 1. The highest BCUT2D eigenvalue weighted by atomic mass is 32.1. The summed E-state index contributed by atoms with van der Waals surface area (Å²) in [7, 11) is 1.40. The van der Waals surface area contributed by atoms with Crippen molar-refractivity contribution in [3.63, 3.8) is 0 Å². The number of anilines is 2. The van der Waals surface area contributed by atoms with Crippen molar-refractivity contribution < 1.29 is 24.2 Å². The van der Waals surface area contributed by atoms with Gasteiger partial charge in [-0.1, -0.05) is 12.1 Å². The fraction of sp³-hybridized carbons (Fsp3) is 0.200. The molecule has 9 heteroatoms. The van der Waals surface area contributed by atoms with Gasteiger partial charge in [-0.05, 0) is 17.7 Å². The number of carboxylic acid groups (broad SMARTS) is 1. The number of rotatable bonds is 7. The van der Waals surface area contributed by atoms with E-state index in [0.29, 0.717) is 16.4 Å². The van der Waals surface area contributed by atoms with E-state index >= 15 is 0 Å². The van der Waals surface area contributed by atoms with Gasteiger partial charge in [0.2, 0.25) is 0 Å². The van der Waals surface area contributed by atoms with E-state index in [1.165, 1.54) is 12.5 Å². The first kappa shape index (κ1) is 17.6. The zero-order valence-electron chi connectivity index (χ0n) is 12.7. The number of aromatic nitrogens is 1. The van der Waals surface area contributed by atoms with Crippen LogP contribution in [-0.4, -0.2) is 41.6 Å². The van der Waals surface area contributed by atoms with Crippen LogP contribution in [0.5, 0.6) is 0 Å². The molecule has 1 aromatic carbocycles. The summed E-state index contributed by atoms with van der Waals surface area (Å²) in [5.74, 6) is -1.70. The molecule has 1 aromatic heterocycles. The Morgan fingerprint density at radius 2 is 1.92 bits per heavy atom. The smallest absolute Gasteiger partial charge is 0.307 e. The maximum Gasteiger partial charge on any atom is 0.307 e. The molecular weight excluding hydrogens is 334 g/mol. The number of methoxy groups -OCH3 is 1. The van der Waals surface area contributed by atoms with E-state index in [-0.39, 0.29) is 24.6 Å². The van der Waals surface area contributed by atoms with Crippen molar-refractivity contribution in [1.82, 2.24) is 4.98 Å². The molecule has 0 aliphatic carbocycles. The number of thiazole rings is 1. The van der Waals surface area contributed by atoms with Crippen molar-refractivity contribution in [2.45, 2.75) is 6.42 Å². The van der Waals surface area contributed by atoms with Crippen molar-refractivity contribution in [3.8, 4) is 0 Å². The average Bonchev–Trinajstić information content (AvgIpc) is 2.97. The zero-order chi connectivity index (χ0) is 17.5. The van der Waals surface area contributed by atoms with Crippen molar-refractivity contribution in [1.29, 1.82) is 0 Å². The van der Waals surface area contributed by atoms with Crippen LogP contribution in [0.3, 0.4) is 0 Å². The average molecular weight is 349 g/mol. The van der Waals surface area contributed by atoms with Crippen LogP contribution in [-0.2, 0) is 20.7 Å². The minimum absolute atomic E-state index is 0.0785. The molecule has 2 amide bonds. The molecule has 0 aliphatic heterocycles. The number of amides is 2. The quantitative estimate of drug-likeness (QED) is 0.699. The van der Waals surface area contributed by atoms with E-state index in [1.807, 2.05) is 0 Å². The second-order valence-electron chi connectivity index (χ2n) is 4.74. The molecule has 0 aliphatic rings. The van der Waals surface area contributed by atoms with Gasteiger partial charge in [-0.15, -0.1) is 11.3 Å². The first-order valence-corrected chi connectivity index (χ1v) is 7.72. The molecule has 0 atom stereocenters. The Morgan fingerprint density at radius 3 is 2.54 bits per heavy atom. The molecule has 0 fully saturated rings. The third kappa shape index (κ3) is 5.14. The van der Waals surface area contributed by atoms with Gasteiger partial charge < -0.3 is 15.2 Å². The number of carbonyl (C=O) groups excluding carboxylic acids is 2. The fourth-order valence-corrected chi connectivity index (χ4v) is 2.50.